The molecule has 1 amide bonds. The molecule has 1 aliphatic rings. The summed E-state index contributed by atoms with van der Waals surface area (Å²) in [4.78, 5) is 15.5. The van der Waals surface area contributed by atoms with Crippen LogP contribution in [0.2, 0.25) is 0 Å². The van der Waals surface area contributed by atoms with E-state index in [1.165, 1.54) is 5.56 Å². The minimum atomic E-state index is 0.202. The van der Waals surface area contributed by atoms with Crippen molar-refractivity contribution in [2.75, 3.05) is 27.3 Å². The fourth-order valence-electron chi connectivity index (χ4n) is 3.54. The summed E-state index contributed by atoms with van der Waals surface area (Å²) in [6, 6.07) is 8.09. The number of aryl methyl sites for hydroxylation is 2. The largest absolute Gasteiger partial charge is 0.497 e. The number of hydrogen-bond acceptors (Lipinski definition) is 4. The molecule has 1 aromatic carbocycles. The third kappa shape index (κ3) is 4.39. The van der Waals surface area contributed by atoms with Gasteiger partial charge in [-0.3, -0.25) is 4.79 Å². The van der Waals surface area contributed by atoms with Gasteiger partial charge in [0.05, 0.1) is 19.1 Å². The van der Waals surface area contributed by atoms with Crippen LogP contribution in [0.1, 0.15) is 40.1 Å². The molecule has 4 nitrogen and oxygen atoms in total. The zero-order valence-electron chi connectivity index (χ0n) is 15.8. The van der Waals surface area contributed by atoms with Crippen molar-refractivity contribution in [1.82, 2.24) is 4.90 Å². The van der Waals surface area contributed by atoms with Crippen molar-refractivity contribution < 1.29 is 14.3 Å². The Bertz CT molecular complexity index is 725. The third-order valence-corrected chi connectivity index (χ3v) is 6.22. The lowest BCUT2D eigenvalue weighted by Crippen LogP contribution is -2.38. The molecule has 1 aliphatic heterocycles. The van der Waals surface area contributed by atoms with Crippen LogP contribution in [0.25, 0.3) is 0 Å². The van der Waals surface area contributed by atoms with Gasteiger partial charge in [0.2, 0.25) is 0 Å². The zero-order valence-corrected chi connectivity index (χ0v) is 16.6. The lowest BCUT2D eigenvalue weighted by Gasteiger charge is -2.32. The van der Waals surface area contributed by atoms with Gasteiger partial charge in [-0.15, -0.1) is 11.3 Å². The van der Waals surface area contributed by atoms with Gasteiger partial charge in [0.1, 0.15) is 11.5 Å². The Morgan fingerprint density at radius 2 is 1.81 bits per heavy atom. The molecule has 26 heavy (non-hydrogen) atoms. The van der Waals surface area contributed by atoms with Gasteiger partial charge in [0, 0.05) is 19.2 Å². The van der Waals surface area contributed by atoms with Crippen molar-refractivity contribution in [2.24, 2.45) is 5.92 Å². The molecule has 0 saturated carbocycles. The number of rotatable bonds is 6. The van der Waals surface area contributed by atoms with Gasteiger partial charge in [-0.05, 0) is 73.2 Å². The van der Waals surface area contributed by atoms with E-state index in [1.54, 1.807) is 25.6 Å². The molecular weight excluding hydrogens is 346 g/mol. The van der Waals surface area contributed by atoms with Crippen molar-refractivity contribution in [3.8, 4) is 11.5 Å². The Hall–Kier alpha value is -2.01. The first kappa shape index (κ1) is 18.8. The quantitative estimate of drug-likeness (QED) is 0.745. The summed E-state index contributed by atoms with van der Waals surface area (Å²) in [6.07, 6.45) is 4.31. The van der Waals surface area contributed by atoms with Gasteiger partial charge >= 0.3 is 0 Å². The average Bonchev–Trinajstić information content (AvgIpc) is 3.11. The first-order chi connectivity index (χ1) is 12.6. The second-order valence-corrected chi connectivity index (χ2v) is 7.84. The highest BCUT2D eigenvalue weighted by molar-refractivity contribution is 7.12. The van der Waals surface area contributed by atoms with Crippen LogP contribution < -0.4 is 9.47 Å². The fourth-order valence-corrected chi connectivity index (χ4v) is 4.43. The summed E-state index contributed by atoms with van der Waals surface area (Å²) >= 11 is 1.55. The summed E-state index contributed by atoms with van der Waals surface area (Å²) in [6.45, 7) is 3.74. The summed E-state index contributed by atoms with van der Waals surface area (Å²) in [7, 11) is 3.36. The number of carbonyl (C=O) groups is 1. The number of hydrogen-bond donors (Lipinski definition) is 0. The number of ether oxygens (including phenoxy) is 2. The summed E-state index contributed by atoms with van der Waals surface area (Å²) < 4.78 is 10.7. The lowest BCUT2D eigenvalue weighted by molar-refractivity contribution is 0.0691. The second-order valence-electron chi connectivity index (χ2n) is 6.93. The predicted molar refractivity (Wildman–Crippen MR) is 106 cm³/mol. The van der Waals surface area contributed by atoms with E-state index < -0.39 is 0 Å². The molecule has 0 aliphatic carbocycles. The van der Waals surface area contributed by atoms with E-state index in [2.05, 4.69) is 12.1 Å². The van der Waals surface area contributed by atoms with Gasteiger partial charge in [0.15, 0.2) is 0 Å². The Labute approximate surface area is 159 Å². The van der Waals surface area contributed by atoms with Crippen molar-refractivity contribution in [3.63, 3.8) is 0 Å². The van der Waals surface area contributed by atoms with Crippen molar-refractivity contribution >= 4 is 17.2 Å². The molecule has 0 N–H and O–H groups in total. The van der Waals surface area contributed by atoms with Gasteiger partial charge in [-0.1, -0.05) is 0 Å². The number of benzene rings is 1. The molecule has 0 spiro atoms. The van der Waals surface area contributed by atoms with Crippen molar-refractivity contribution in [1.29, 1.82) is 0 Å². The van der Waals surface area contributed by atoms with Crippen LogP contribution >= 0.6 is 11.3 Å². The van der Waals surface area contributed by atoms with Crippen LogP contribution in [0.15, 0.2) is 29.6 Å². The molecule has 0 radical (unpaired) electrons. The zero-order chi connectivity index (χ0) is 18.5. The van der Waals surface area contributed by atoms with E-state index >= 15 is 0 Å². The molecular formula is C21H27NO3S. The van der Waals surface area contributed by atoms with E-state index in [-0.39, 0.29) is 5.91 Å². The highest BCUT2D eigenvalue weighted by Gasteiger charge is 2.25. The Balaban J connectivity index is 1.52. The van der Waals surface area contributed by atoms with Crippen LogP contribution in [-0.4, -0.2) is 38.1 Å². The maximum Gasteiger partial charge on any atom is 0.264 e. The molecule has 0 atom stereocenters. The minimum absolute atomic E-state index is 0.202. The molecule has 1 fully saturated rings. The number of carbonyl (C=O) groups excluding carboxylic acids is 1. The van der Waals surface area contributed by atoms with E-state index in [0.717, 1.165) is 60.7 Å². The number of nitrogens with zero attached hydrogens (tertiary/aromatic N) is 1. The predicted octanol–water partition coefficient (Wildman–Crippen LogP) is 4.56. The van der Waals surface area contributed by atoms with Crippen molar-refractivity contribution in [3.05, 3.63) is 45.6 Å². The first-order valence-corrected chi connectivity index (χ1v) is 10.0. The van der Waals surface area contributed by atoms with E-state index in [9.17, 15) is 4.79 Å². The molecule has 0 bridgehead atoms. The molecule has 3 rings (SSSR count). The lowest BCUT2D eigenvalue weighted by atomic mass is 9.90. The Kier molecular flexibility index (Phi) is 6.20. The number of thiophene rings is 1. The van der Waals surface area contributed by atoms with Crippen LogP contribution in [0.5, 0.6) is 11.5 Å². The summed E-state index contributed by atoms with van der Waals surface area (Å²) in [5, 5.41) is 2.00. The monoisotopic (exact) mass is 373 g/mol. The van der Waals surface area contributed by atoms with Gasteiger partial charge in [-0.2, -0.15) is 0 Å². The maximum atomic E-state index is 12.6. The number of piperidine rings is 1. The number of methoxy groups -OCH3 is 2. The first-order valence-electron chi connectivity index (χ1n) is 9.16. The Morgan fingerprint density at radius 3 is 2.35 bits per heavy atom. The van der Waals surface area contributed by atoms with E-state index in [4.69, 9.17) is 9.47 Å². The van der Waals surface area contributed by atoms with Crippen LogP contribution in [0.4, 0.5) is 0 Å². The van der Waals surface area contributed by atoms with Gasteiger partial charge < -0.3 is 14.4 Å². The summed E-state index contributed by atoms with van der Waals surface area (Å²) in [5.74, 6) is 2.55. The normalized spacial score (nSPS) is 15.1. The maximum absolute atomic E-state index is 12.6. The number of amides is 1. The molecule has 0 unspecified atom stereocenters. The molecule has 140 valence electrons. The average molecular weight is 374 g/mol. The number of likely N-dealkylation sites (tertiary alicyclic amines) is 1. The molecule has 2 heterocycles. The fraction of sp³-hybridized carbons (Fsp3) is 0.476. The minimum Gasteiger partial charge on any atom is -0.497 e. The third-order valence-electron chi connectivity index (χ3n) is 5.21. The molecule has 1 aromatic heterocycles. The van der Waals surface area contributed by atoms with E-state index in [0.29, 0.717) is 5.92 Å². The standard InChI is InChI=1S/C21H27NO3S/c1-15-8-11-26-20(15)21(23)22-9-6-16(7-10-22)4-5-17-12-18(24-2)14-19(13-17)25-3/h8,11-14,16H,4-7,9-10H2,1-3H3. The smallest absolute Gasteiger partial charge is 0.264 e. The molecule has 5 heteroatoms. The SMILES string of the molecule is COc1cc(CCC2CCN(C(=O)c3sccc3C)CC2)cc(OC)c1. The van der Waals surface area contributed by atoms with E-state index in [1.807, 2.05) is 29.3 Å². The topological polar surface area (TPSA) is 38.8 Å². The van der Waals surface area contributed by atoms with Gasteiger partial charge in [-0.25, -0.2) is 0 Å². The molecule has 2 aromatic rings. The van der Waals surface area contributed by atoms with Crippen LogP contribution in [0.3, 0.4) is 0 Å². The highest BCUT2D eigenvalue weighted by atomic mass is 32.1. The van der Waals surface area contributed by atoms with Crippen LogP contribution in [-0.2, 0) is 6.42 Å². The summed E-state index contributed by atoms with van der Waals surface area (Å²) in [5.41, 5.74) is 2.34. The van der Waals surface area contributed by atoms with Crippen LogP contribution in [0, 0.1) is 12.8 Å². The van der Waals surface area contributed by atoms with Crippen molar-refractivity contribution in [2.45, 2.75) is 32.6 Å². The highest BCUT2D eigenvalue weighted by Crippen LogP contribution is 2.28. The Morgan fingerprint density at radius 1 is 1.15 bits per heavy atom. The second kappa shape index (κ2) is 8.58. The molecule has 1 saturated heterocycles. The van der Waals surface area contributed by atoms with Gasteiger partial charge in [0.25, 0.3) is 5.91 Å².